The molecule has 0 bridgehead atoms. The Morgan fingerprint density at radius 3 is 1.00 bits per heavy atom. The third-order valence-corrected chi connectivity index (χ3v) is 0. The molecule has 0 amide bonds. The van der Waals surface area contributed by atoms with Crippen LogP contribution in [0.5, 0.6) is 0 Å². The number of rotatable bonds is 0. The van der Waals surface area contributed by atoms with Crippen molar-refractivity contribution in [1.82, 2.24) is 0 Å². The quantitative estimate of drug-likeness (QED) is 0.445. The Bertz CT molecular complexity index is 69.1. The van der Waals surface area contributed by atoms with Crippen molar-refractivity contribution in [1.29, 1.82) is 0 Å². The summed E-state index contributed by atoms with van der Waals surface area (Å²) in [5.41, 5.74) is 0. The van der Waals surface area contributed by atoms with Crippen molar-refractivity contribution < 1.29 is 61.0 Å². The molecule has 0 aliphatic carbocycles. The summed E-state index contributed by atoms with van der Waals surface area (Å²) >= 11 is 0. The summed E-state index contributed by atoms with van der Waals surface area (Å²) in [6, 6.07) is 0. The summed E-state index contributed by atoms with van der Waals surface area (Å²) in [4.78, 5) is 16.7. The first kappa shape index (κ1) is 15.9. The summed E-state index contributed by atoms with van der Waals surface area (Å²) in [5, 5.41) is 27.3. The van der Waals surface area contributed by atoms with Gasteiger partial charge in [0.25, 0.3) is 10.2 Å². The van der Waals surface area contributed by atoms with Gasteiger partial charge in [0.05, 0.1) is 0 Å². The summed E-state index contributed by atoms with van der Waals surface area (Å²) in [6.45, 7) is 0. The van der Waals surface area contributed by atoms with E-state index in [1.54, 1.807) is 0 Å². The third-order valence-electron chi connectivity index (χ3n) is 0. The van der Waals surface area contributed by atoms with Gasteiger partial charge >= 0.3 is 0 Å². The Morgan fingerprint density at radius 2 is 1.00 bits per heavy atom. The van der Waals surface area contributed by atoms with Crippen molar-refractivity contribution >= 4 is 0 Å². The van der Waals surface area contributed by atoms with E-state index in [2.05, 4.69) is 0 Å². The van der Waals surface area contributed by atoms with E-state index in [9.17, 15) is 0 Å². The van der Waals surface area contributed by atoms with Gasteiger partial charge in [-0.25, -0.2) is 0 Å². The van der Waals surface area contributed by atoms with E-state index in [4.69, 9.17) is 30.6 Å². The van der Waals surface area contributed by atoms with E-state index < -0.39 is 10.2 Å². The van der Waals surface area contributed by atoms with Crippen LogP contribution < -0.4 is 0 Å². The van der Waals surface area contributed by atoms with Crippen LogP contribution in [0.3, 0.4) is 0 Å². The van der Waals surface area contributed by atoms with Gasteiger partial charge in [-0.15, -0.1) is 20.2 Å². The van der Waals surface area contributed by atoms with E-state index >= 15 is 0 Å². The molecular formula is H2N2O6Sm. The van der Waals surface area contributed by atoms with Crippen LogP contribution in [0.25, 0.3) is 0 Å². The first-order chi connectivity index (χ1) is 3.46. The van der Waals surface area contributed by atoms with Crippen molar-refractivity contribution in [3.05, 3.63) is 20.2 Å². The van der Waals surface area contributed by atoms with Gasteiger partial charge in [-0.2, -0.15) is 0 Å². The van der Waals surface area contributed by atoms with Crippen LogP contribution in [-0.4, -0.2) is 20.6 Å². The van der Waals surface area contributed by atoms with Crippen molar-refractivity contribution in [2.24, 2.45) is 0 Å². The number of hydrogen-bond donors (Lipinski definition) is 2. The molecule has 0 heterocycles. The van der Waals surface area contributed by atoms with Gasteiger partial charge in [-0.1, -0.05) is 0 Å². The standard InChI is InChI=1S/2HNO3.Sm/c2*2-1(3)4;/h2*(H,2,3,4);. The van der Waals surface area contributed by atoms with Crippen LogP contribution in [-0.2, 0) is 0 Å². The van der Waals surface area contributed by atoms with Gasteiger partial charge in [-0.3, -0.25) is 0 Å². The summed E-state index contributed by atoms with van der Waals surface area (Å²) in [7, 11) is 0. The summed E-state index contributed by atoms with van der Waals surface area (Å²) < 4.78 is 0. The second-order valence-electron chi connectivity index (χ2n) is 0.476. The topological polar surface area (TPSA) is 127 Å². The van der Waals surface area contributed by atoms with Crippen molar-refractivity contribution in [2.75, 3.05) is 0 Å². The van der Waals surface area contributed by atoms with Gasteiger partial charge in [0.15, 0.2) is 0 Å². The minimum absolute atomic E-state index is 0. The van der Waals surface area contributed by atoms with E-state index in [0.717, 1.165) is 0 Å². The SMILES string of the molecule is O=[N+]([O-])O.O=[N+]([O-])O.[Sm]. The maximum Gasteiger partial charge on any atom is 0.291 e. The number of nitrogens with zero attached hydrogens (tertiary/aromatic N) is 2. The Kier molecular flexibility index (Phi) is 18.8. The molecule has 9 heteroatoms. The molecular weight excluding hydrogens is 274 g/mol. The Labute approximate surface area is 80.8 Å². The first-order valence-corrected chi connectivity index (χ1v) is 1.13. The molecule has 0 aromatic heterocycles. The Morgan fingerprint density at radius 1 is 1.00 bits per heavy atom. The fourth-order valence-corrected chi connectivity index (χ4v) is 0. The second-order valence-corrected chi connectivity index (χ2v) is 0.476. The molecule has 0 fully saturated rings. The average Bonchev–Trinajstić information content (AvgIpc) is 1.25. The van der Waals surface area contributed by atoms with Crippen LogP contribution in [0.4, 0.5) is 0 Å². The van der Waals surface area contributed by atoms with Crippen LogP contribution >= 0.6 is 0 Å². The Hall–Kier alpha value is -0.262. The van der Waals surface area contributed by atoms with Gasteiger partial charge in [0.1, 0.15) is 0 Å². The molecule has 0 saturated carbocycles. The minimum Gasteiger partial charge on any atom is -0.328 e. The van der Waals surface area contributed by atoms with Crippen molar-refractivity contribution in [3.63, 3.8) is 0 Å². The second kappa shape index (κ2) is 10.7. The molecule has 0 aromatic rings. The van der Waals surface area contributed by atoms with E-state index in [1.165, 1.54) is 0 Å². The van der Waals surface area contributed by atoms with Crippen molar-refractivity contribution in [3.8, 4) is 0 Å². The molecule has 9 heavy (non-hydrogen) atoms. The molecule has 0 spiro atoms. The molecule has 0 unspecified atom stereocenters. The average molecular weight is 276 g/mol. The van der Waals surface area contributed by atoms with Crippen LogP contribution in [0, 0.1) is 60.6 Å². The zero-order valence-corrected chi connectivity index (χ0v) is 6.45. The predicted molar refractivity (Wildman–Crippen MR) is 17.6 cm³/mol. The molecule has 2 N–H and O–H groups in total. The maximum absolute atomic E-state index is 8.36. The third kappa shape index (κ3) is 3700. The molecule has 0 atom stereocenters. The molecule has 54 valence electrons. The van der Waals surface area contributed by atoms with E-state index in [0.29, 0.717) is 0 Å². The number of hydrogen-bond acceptors (Lipinski definition) is 4. The maximum atomic E-state index is 8.36. The van der Waals surface area contributed by atoms with Gasteiger partial charge in [0, 0.05) is 40.4 Å². The van der Waals surface area contributed by atoms with E-state index in [1.807, 2.05) is 0 Å². The molecule has 0 aliphatic rings. The fraction of sp³-hybridized carbons (Fsp3) is 0. The normalized spacial score (nSPS) is 5.33. The molecule has 8 nitrogen and oxygen atoms in total. The Balaban J connectivity index is -0.0000000720. The summed E-state index contributed by atoms with van der Waals surface area (Å²) in [6.07, 6.45) is 0. The zero-order chi connectivity index (χ0) is 7.15. The largest absolute Gasteiger partial charge is 0.328 e. The monoisotopic (exact) mass is 278 g/mol. The smallest absolute Gasteiger partial charge is 0.291 e. The first-order valence-electron chi connectivity index (χ1n) is 1.13. The molecule has 0 aliphatic heterocycles. The van der Waals surface area contributed by atoms with Crippen LogP contribution in [0.2, 0.25) is 0 Å². The minimum atomic E-state index is -1.50. The van der Waals surface area contributed by atoms with Gasteiger partial charge < -0.3 is 10.4 Å². The molecule has 0 aromatic carbocycles. The zero-order valence-electron chi connectivity index (χ0n) is 3.83. The summed E-state index contributed by atoms with van der Waals surface area (Å²) in [5.74, 6) is 0. The molecule has 0 saturated heterocycles. The van der Waals surface area contributed by atoms with Gasteiger partial charge in [-0.05, 0) is 0 Å². The molecule has 0 rings (SSSR count). The van der Waals surface area contributed by atoms with Crippen LogP contribution in [0.1, 0.15) is 0 Å². The predicted octanol–water partition coefficient (Wildman–Crippen LogP) is -0.695. The van der Waals surface area contributed by atoms with Crippen molar-refractivity contribution in [2.45, 2.75) is 0 Å². The fourth-order valence-electron chi connectivity index (χ4n) is 0. The van der Waals surface area contributed by atoms with Crippen LogP contribution in [0.15, 0.2) is 0 Å². The molecule has 0 radical (unpaired) electrons. The van der Waals surface area contributed by atoms with E-state index in [-0.39, 0.29) is 40.4 Å². The van der Waals surface area contributed by atoms with Gasteiger partial charge in [0.2, 0.25) is 0 Å².